The van der Waals surface area contributed by atoms with Crippen molar-refractivity contribution in [3.63, 3.8) is 0 Å². The van der Waals surface area contributed by atoms with Crippen LogP contribution in [0.15, 0.2) is 18.2 Å². The number of carbonyl (C=O) groups excluding carboxylic acids is 1. The summed E-state index contributed by atoms with van der Waals surface area (Å²) in [5, 5.41) is 0. The topological polar surface area (TPSA) is 42.0 Å². The Kier molecular flexibility index (Phi) is 5.61. The Morgan fingerprint density at radius 3 is 2.71 bits per heavy atom. The van der Waals surface area contributed by atoms with Crippen molar-refractivity contribution < 1.29 is 14.3 Å². The summed E-state index contributed by atoms with van der Waals surface area (Å²) in [4.78, 5) is 16.4. The van der Waals surface area contributed by atoms with Crippen LogP contribution in [0.3, 0.4) is 0 Å². The molecule has 2 fully saturated rings. The third-order valence-electron chi connectivity index (χ3n) is 4.90. The average Bonchev–Trinajstić information content (AvgIpc) is 3.27. The Balaban J connectivity index is 1.59. The van der Waals surface area contributed by atoms with Crippen molar-refractivity contribution in [1.82, 2.24) is 9.80 Å². The van der Waals surface area contributed by atoms with Gasteiger partial charge in [0, 0.05) is 33.2 Å². The second-order valence-electron chi connectivity index (χ2n) is 6.68. The minimum absolute atomic E-state index is 0.0927. The predicted molar refractivity (Wildman–Crippen MR) is 93.3 cm³/mol. The van der Waals surface area contributed by atoms with Crippen molar-refractivity contribution >= 4 is 6.03 Å². The number of rotatable bonds is 5. The van der Waals surface area contributed by atoms with Gasteiger partial charge in [-0.15, -0.1) is 0 Å². The third kappa shape index (κ3) is 3.83. The van der Waals surface area contributed by atoms with Gasteiger partial charge in [0.25, 0.3) is 0 Å². The van der Waals surface area contributed by atoms with Crippen LogP contribution in [-0.4, -0.2) is 55.2 Å². The highest BCUT2D eigenvalue weighted by molar-refractivity contribution is 5.75. The maximum atomic E-state index is 12.5. The van der Waals surface area contributed by atoms with Gasteiger partial charge in [0.2, 0.25) is 0 Å². The quantitative estimate of drug-likeness (QED) is 0.832. The molecule has 2 saturated heterocycles. The molecule has 1 aromatic rings. The summed E-state index contributed by atoms with van der Waals surface area (Å²) in [7, 11) is 1.71. The van der Waals surface area contributed by atoms with Gasteiger partial charge in [0.15, 0.2) is 0 Å². The first-order chi connectivity index (χ1) is 11.7. The second-order valence-corrected chi connectivity index (χ2v) is 6.68. The molecule has 2 aliphatic heterocycles. The number of likely N-dealkylation sites (tertiary alicyclic amines) is 2. The molecule has 5 nitrogen and oxygen atoms in total. The maximum Gasteiger partial charge on any atom is 0.320 e. The van der Waals surface area contributed by atoms with E-state index >= 15 is 0 Å². The predicted octanol–water partition coefficient (Wildman–Crippen LogP) is 3.06. The number of amides is 2. The fourth-order valence-corrected chi connectivity index (χ4v) is 3.57. The molecule has 2 amide bonds. The minimum Gasteiger partial charge on any atom is -0.488 e. The van der Waals surface area contributed by atoms with Gasteiger partial charge in [0.05, 0.1) is 13.2 Å². The van der Waals surface area contributed by atoms with Crippen LogP contribution in [0.1, 0.15) is 37.3 Å². The van der Waals surface area contributed by atoms with Gasteiger partial charge in [-0.2, -0.15) is 0 Å². The Hall–Kier alpha value is -1.75. The molecule has 0 radical (unpaired) electrons. The Morgan fingerprint density at radius 2 is 2.00 bits per heavy atom. The lowest BCUT2D eigenvalue weighted by Gasteiger charge is -2.24. The second kappa shape index (κ2) is 7.88. The van der Waals surface area contributed by atoms with Crippen LogP contribution < -0.4 is 4.74 Å². The smallest absolute Gasteiger partial charge is 0.320 e. The number of nitrogens with zero attached hydrogens (tertiary/aromatic N) is 2. The molecular weight excluding hydrogens is 304 g/mol. The molecule has 1 unspecified atom stereocenters. The van der Waals surface area contributed by atoms with E-state index in [9.17, 15) is 4.79 Å². The molecule has 2 aliphatic rings. The van der Waals surface area contributed by atoms with Gasteiger partial charge < -0.3 is 19.3 Å². The molecule has 0 N–H and O–H groups in total. The molecule has 0 aliphatic carbocycles. The summed E-state index contributed by atoms with van der Waals surface area (Å²) < 4.78 is 11.4. The van der Waals surface area contributed by atoms with Crippen LogP contribution in [0.4, 0.5) is 4.79 Å². The zero-order chi connectivity index (χ0) is 16.9. The van der Waals surface area contributed by atoms with Gasteiger partial charge in [-0.3, -0.25) is 0 Å². The molecule has 0 bridgehead atoms. The van der Waals surface area contributed by atoms with Crippen LogP contribution in [0.2, 0.25) is 0 Å². The van der Waals surface area contributed by atoms with E-state index in [1.54, 1.807) is 7.11 Å². The molecule has 0 aromatic heterocycles. The van der Waals surface area contributed by atoms with Crippen molar-refractivity contribution in [3.05, 3.63) is 29.3 Å². The van der Waals surface area contributed by atoms with E-state index in [1.165, 1.54) is 11.1 Å². The summed E-state index contributed by atoms with van der Waals surface area (Å²) >= 11 is 0. The number of carbonyl (C=O) groups is 1. The highest BCUT2D eigenvalue weighted by Crippen LogP contribution is 2.25. The van der Waals surface area contributed by atoms with Gasteiger partial charge in [-0.05, 0) is 42.5 Å². The monoisotopic (exact) mass is 332 g/mol. The standard InChI is InChI=1S/C19H28N2O3/c1-3-16-12-15(14-23-2)6-7-18(16)24-17-8-11-21(13-17)19(22)20-9-4-5-10-20/h6-7,12,17H,3-5,8-11,13-14H2,1-2H3. The molecular formula is C19H28N2O3. The van der Waals surface area contributed by atoms with E-state index in [0.29, 0.717) is 13.2 Å². The first-order valence-corrected chi connectivity index (χ1v) is 9.02. The fourth-order valence-electron chi connectivity index (χ4n) is 3.57. The van der Waals surface area contributed by atoms with E-state index in [-0.39, 0.29) is 12.1 Å². The highest BCUT2D eigenvalue weighted by atomic mass is 16.5. The lowest BCUT2D eigenvalue weighted by molar-refractivity contribution is 0.160. The first kappa shape index (κ1) is 17.1. The average molecular weight is 332 g/mol. The molecule has 2 heterocycles. The summed E-state index contributed by atoms with van der Waals surface area (Å²) in [5.74, 6) is 0.942. The number of benzene rings is 1. The maximum absolute atomic E-state index is 12.5. The van der Waals surface area contributed by atoms with Crippen LogP contribution in [-0.2, 0) is 17.8 Å². The van der Waals surface area contributed by atoms with E-state index in [2.05, 4.69) is 19.1 Å². The molecule has 0 spiro atoms. The summed E-state index contributed by atoms with van der Waals surface area (Å²) in [6, 6.07) is 6.43. The first-order valence-electron chi connectivity index (χ1n) is 9.02. The van der Waals surface area contributed by atoms with Crippen LogP contribution >= 0.6 is 0 Å². The minimum atomic E-state index is 0.0927. The molecule has 3 rings (SSSR count). The summed E-state index contributed by atoms with van der Waals surface area (Å²) in [5.41, 5.74) is 2.37. The van der Waals surface area contributed by atoms with Crippen LogP contribution in [0.25, 0.3) is 0 Å². The number of ether oxygens (including phenoxy) is 2. The number of methoxy groups -OCH3 is 1. The van der Waals surface area contributed by atoms with E-state index in [4.69, 9.17) is 9.47 Å². The number of hydrogen-bond acceptors (Lipinski definition) is 3. The zero-order valence-corrected chi connectivity index (χ0v) is 14.8. The third-order valence-corrected chi connectivity index (χ3v) is 4.90. The molecule has 0 saturated carbocycles. The van der Waals surface area contributed by atoms with Crippen molar-refractivity contribution in [2.24, 2.45) is 0 Å². The van der Waals surface area contributed by atoms with E-state index in [1.807, 2.05) is 15.9 Å². The molecule has 24 heavy (non-hydrogen) atoms. The molecule has 132 valence electrons. The van der Waals surface area contributed by atoms with E-state index in [0.717, 1.165) is 51.1 Å². The van der Waals surface area contributed by atoms with Crippen LogP contribution in [0.5, 0.6) is 5.75 Å². The van der Waals surface area contributed by atoms with Gasteiger partial charge in [0.1, 0.15) is 11.9 Å². The van der Waals surface area contributed by atoms with Crippen molar-refractivity contribution in [2.45, 2.75) is 45.3 Å². The van der Waals surface area contributed by atoms with Gasteiger partial charge in [-0.1, -0.05) is 13.0 Å². The number of urea groups is 1. The summed E-state index contributed by atoms with van der Waals surface area (Å²) in [6.07, 6.45) is 4.19. The number of aryl methyl sites for hydroxylation is 1. The fraction of sp³-hybridized carbons (Fsp3) is 0.632. The molecule has 5 heteroatoms. The zero-order valence-electron chi connectivity index (χ0n) is 14.8. The molecule has 1 aromatic carbocycles. The molecule has 1 atom stereocenters. The van der Waals surface area contributed by atoms with Crippen molar-refractivity contribution in [2.75, 3.05) is 33.3 Å². The largest absolute Gasteiger partial charge is 0.488 e. The lowest BCUT2D eigenvalue weighted by Crippen LogP contribution is -2.41. The lowest BCUT2D eigenvalue weighted by atomic mass is 10.1. The Bertz CT molecular complexity index is 570. The van der Waals surface area contributed by atoms with Crippen molar-refractivity contribution in [1.29, 1.82) is 0 Å². The Morgan fingerprint density at radius 1 is 1.21 bits per heavy atom. The van der Waals surface area contributed by atoms with E-state index < -0.39 is 0 Å². The summed E-state index contributed by atoms with van der Waals surface area (Å²) in [6.45, 7) is 6.05. The number of hydrogen-bond donors (Lipinski definition) is 0. The normalized spacial score (nSPS) is 20.7. The van der Waals surface area contributed by atoms with Crippen molar-refractivity contribution in [3.8, 4) is 5.75 Å². The van der Waals surface area contributed by atoms with Gasteiger partial charge >= 0.3 is 6.03 Å². The van der Waals surface area contributed by atoms with Crippen LogP contribution in [0, 0.1) is 0 Å². The Labute approximate surface area is 144 Å². The van der Waals surface area contributed by atoms with Gasteiger partial charge in [-0.25, -0.2) is 4.79 Å². The SMILES string of the molecule is CCc1cc(COC)ccc1OC1CCN(C(=O)N2CCCC2)C1. The highest BCUT2D eigenvalue weighted by Gasteiger charge is 2.31.